The van der Waals surface area contributed by atoms with Gasteiger partial charge in [0.1, 0.15) is 0 Å². The molecule has 0 aromatic heterocycles. The molecule has 3 aromatic carbocycles. The lowest BCUT2D eigenvalue weighted by molar-refractivity contribution is 0.545. The van der Waals surface area contributed by atoms with Gasteiger partial charge in [0.25, 0.3) is 0 Å². The highest BCUT2D eigenvalue weighted by Gasteiger charge is 2.47. The molecule has 1 heterocycles. The first-order valence-corrected chi connectivity index (χ1v) is 8.73. The summed E-state index contributed by atoms with van der Waals surface area (Å²) in [7, 11) is 2.21. The Labute approximate surface area is 143 Å². The molecule has 0 saturated heterocycles. The molecule has 1 atom stereocenters. The summed E-state index contributed by atoms with van der Waals surface area (Å²) < 4.78 is 0. The van der Waals surface area contributed by atoms with Gasteiger partial charge in [-0.05, 0) is 47.2 Å². The summed E-state index contributed by atoms with van der Waals surface area (Å²) in [6.07, 6.45) is 1.13. The topological polar surface area (TPSA) is 3.24 Å². The van der Waals surface area contributed by atoms with Gasteiger partial charge < -0.3 is 4.90 Å². The number of fused-ring (bicyclic) bond motifs is 7. The third-order valence-electron chi connectivity index (χ3n) is 5.91. The Morgan fingerprint density at radius 1 is 0.792 bits per heavy atom. The average Bonchev–Trinajstić information content (AvgIpc) is 2.89. The van der Waals surface area contributed by atoms with Crippen molar-refractivity contribution in [1.82, 2.24) is 0 Å². The average molecular weight is 311 g/mol. The number of hydrogen-bond acceptors (Lipinski definition) is 1. The highest BCUT2D eigenvalue weighted by Crippen LogP contribution is 2.57. The third kappa shape index (κ3) is 1.60. The summed E-state index contributed by atoms with van der Waals surface area (Å²) in [6, 6.07) is 24.9. The van der Waals surface area contributed by atoms with Crippen LogP contribution in [-0.2, 0) is 5.41 Å². The van der Waals surface area contributed by atoms with Gasteiger partial charge in [0.2, 0.25) is 0 Å². The predicted octanol–water partition coefficient (Wildman–Crippen LogP) is 5.15. The van der Waals surface area contributed by atoms with E-state index in [1.165, 1.54) is 39.1 Å². The Morgan fingerprint density at radius 3 is 2.38 bits per heavy atom. The maximum absolute atomic E-state index is 2.41. The third-order valence-corrected chi connectivity index (χ3v) is 5.91. The van der Waals surface area contributed by atoms with Crippen LogP contribution in [0.4, 0.5) is 5.69 Å². The van der Waals surface area contributed by atoms with E-state index < -0.39 is 0 Å². The zero-order valence-corrected chi connectivity index (χ0v) is 14.2. The summed E-state index contributed by atoms with van der Waals surface area (Å²) in [6.45, 7) is 3.29. The van der Waals surface area contributed by atoms with Gasteiger partial charge in [-0.25, -0.2) is 0 Å². The van der Waals surface area contributed by atoms with Gasteiger partial charge in [0.15, 0.2) is 0 Å². The van der Waals surface area contributed by atoms with Crippen LogP contribution in [0.2, 0.25) is 0 Å². The number of para-hydroxylation sites is 1. The van der Waals surface area contributed by atoms with E-state index >= 15 is 0 Å². The number of hydrogen-bond donors (Lipinski definition) is 0. The van der Waals surface area contributed by atoms with Gasteiger partial charge in [-0.15, -0.1) is 0 Å². The highest BCUT2D eigenvalue weighted by molar-refractivity contribution is 5.86. The monoisotopic (exact) mass is 311 g/mol. The molecule has 1 nitrogen and oxygen atoms in total. The van der Waals surface area contributed by atoms with Gasteiger partial charge in [-0.2, -0.15) is 0 Å². The number of benzene rings is 3. The number of anilines is 1. The fourth-order valence-electron chi connectivity index (χ4n) is 4.80. The zero-order valence-electron chi connectivity index (χ0n) is 14.2. The molecule has 3 aromatic rings. The van der Waals surface area contributed by atoms with E-state index in [9.17, 15) is 0 Å². The van der Waals surface area contributed by atoms with Crippen molar-refractivity contribution in [3.8, 4) is 11.1 Å². The lowest BCUT2D eigenvalue weighted by Gasteiger charge is -2.42. The maximum Gasteiger partial charge on any atom is 0.0500 e. The van der Waals surface area contributed by atoms with Crippen molar-refractivity contribution in [1.29, 1.82) is 0 Å². The Hall–Kier alpha value is -2.54. The van der Waals surface area contributed by atoms with Crippen molar-refractivity contribution in [2.45, 2.75) is 18.8 Å². The normalized spacial score (nSPS) is 20.7. The molecule has 1 unspecified atom stereocenters. The van der Waals surface area contributed by atoms with Crippen LogP contribution in [0.3, 0.4) is 0 Å². The molecule has 0 fully saturated rings. The second-order valence-electron chi connectivity index (χ2n) is 7.19. The van der Waals surface area contributed by atoms with Crippen LogP contribution in [0.15, 0.2) is 66.7 Å². The van der Waals surface area contributed by atoms with E-state index in [1.807, 2.05) is 0 Å². The molecule has 0 radical (unpaired) electrons. The number of nitrogens with zero attached hydrogens (tertiary/aromatic N) is 1. The first-order valence-electron chi connectivity index (χ1n) is 8.73. The Kier molecular flexibility index (Phi) is 2.73. The van der Waals surface area contributed by atoms with Crippen molar-refractivity contribution in [2.24, 2.45) is 0 Å². The quantitative estimate of drug-likeness (QED) is 0.555. The van der Waals surface area contributed by atoms with Crippen molar-refractivity contribution >= 4 is 5.69 Å². The van der Waals surface area contributed by atoms with Crippen LogP contribution in [0.5, 0.6) is 0 Å². The molecule has 5 rings (SSSR count). The molecule has 1 aliphatic carbocycles. The largest absolute Gasteiger partial charge is 0.374 e. The summed E-state index contributed by atoms with van der Waals surface area (Å²) >= 11 is 0. The summed E-state index contributed by atoms with van der Waals surface area (Å²) in [5.41, 5.74) is 9.96. The Bertz CT molecular complexity index is 956. The molecule has 0 amide bonds. The number of aryl methyl sites for hydroxylation is 1. The van der Waals surface area contributed by atoms with Crippen LogP contribution in [0, 0.1) is 6.92 Å². The SMILES string of the molecule is Cc1ccc2c(c1)C1(CCN(C)c3ccccc31)c1ccccc1-2. The smallest absolute Gasteiger partial charge is 0.0500 e. The van der Waals surface area contributed by atoms with Crippen molar-refractivity contribution < 1.29 is 0 Å². The van der Waals surface area contributed by atoms with Gasteiger partial charge in [0, 0.05) is 19.3 Å². The Morgan fingerprint density at radius 2 is 1.50 bits per heavy atom. The lowest BCUT2D eigenvalue weighted by Crippen LogP contribution is -2.39. The molecule has 0 bridgehead atoms. The first-order chi connectivity index (χ1) is 11.7. The highest BCUT2D eigenvalue weighted by atomic mass is 15.1. The molecule has 0 N–H and O–H groups in total. The molecule has 0 saturated carbocycles. The van der Waals surface area contributed by atoms with Gasteiger partial charge in [-0.3, -0.25) is 0 Å². The van der Waals surface area contributed by atoms with E-state index in [2.05, 4.69) is 85.6 Å². The fraction of sp³-hybridized carbons (Fsp3) is 0.217. The summed E-state index contributed by atoms with van der Waals surface area (Å²) in [4.78, 5) is 2.40. The van der Waals surface area contributed by atoms with Gasteiger partial charge >= 0.3 is 0 Å². The molecule has 1 spiro atoms. The van der Waals surface area contributed by atoms with Crippen LogP contribution in [0.1, 0.15) is 28.7 Å². The zero-order chi connectivity index (χ0) is 16.3. The maximum atomic E-state index is 2.41. The van der Waals surface area contributed by atoms with Gasteiger partial charge in [-0.1, -0.05) is 66.2 Å². The van der Waals surface area contributed by atoms with Gasteiger partial charge in [0.05, 0.1) is 5.41 Å². The minimum absolute atomic E-state index is 0.00104. The molecule has 1 heteroatoms. The Balaban J connectivity index is 1.93. The second-order valence-corrected chi connectivity index (χ2v) is 7.19. The van der Waals surface area contributed by atoms with E-state index in [-0.39, 0.29) is 5.41 Å². The first kappa shape index (κ1) is 13.9. The van der Waals surface area contributed by atoms with Crippen LogP contribution in [-0.4, -0.2) is 13.6 Å². The minimum atomic E-state index is 0.00104. The predicted molar refractivity (Wildman–Crippen MR) is 101 cm³/mol. The van der Waals surface area contributed by atoms with Crippen LogP contribution < -0.4 is 4.90 Å². The van der Waals surface area contributed by atoms with Crippen molar-refractivity contribution in [2.75, 3.05) is 18.5 Å². The van der Waals surface area contributed by atoms with Crippen molar-refractivity contribution in [3.05, 3.63) is 89.0 Å². The molecule has 1 aliphatic heterocycles. The van der Waals surface area contributed by atoms with E-state index in [1.54, 1.807) is 0 Å². The lowest BCUT2D eigenvalue weighted by atomic mass is 9.67. The van der Waals surface area contributed by atoms with Crippen molar-refractivity contribution in [3.63, 3.8) is 0 Å². The van der Waals surface area contributed by atoms with E-state index in [0.717, 1.165) is 13.0 Å². The molecule has 24 heavy (non-hydrogen) atoms. The molecular formula is C23H21N. The fourth-order valence-corrected chi connectivity index (χ4v) is 4.80. The second kappa shape index (κ2) is 4.73. The summed E-state index contributed by atoms with van der Waals surface area (Å²) in [5.74, 6) is 0. The minimum Gasteiger partial charge on any atom is -0.374 e. The van der Waals surface area contributed by atoms with Crippen LogP contribution in [0.25, 0.3) is 11.1 Å². The summed E-state index contributed by atoms with van der Waals surface area (Å²) in [5, 5.41) is 0. The van der Waals surface area contributed by atoms with E-state index in [4.69, 9.17) is 0 Å². The molecular weight excluding hydrogens is 290 g/mol. The van der Waals surface area contributed by atoms with Crippen LogP contribution >= 0.6 is 0 Å². The molecule has 118 valence electrons. The standard InChI is InChI=1S/C23H21N/c1-16-11-12-18-17-7-3-4-8-19(17)23(21(18)15-16)13-14-24(2)22-10-6-5-9-20(22)23/h3-12,15H,13-14H2,1-2H3. The van der Waals surface area contributed by atoms with E-state index in [0.29, 0.717) is 0 Å². The molecule has 2 aliphatic rings. The number of rotatable bonds is 0.